The Hall–Kier alpha value is -1.95. The lowest BCUT2D eigenvalue weighted by Crippen LogP contribution is -2.41. The number of ether oxygens (including phenoxy) is 1. The van der Waals surface area contributed by atoms with Gasteiger partial charge in [-0.2, -0.15) is 8.42 Å². The van der Waals surface area contributed by atoms with Crippen LogP contribution in [-0.4, -0.2) is 65.8 Å². The first kappa shape index (κ1) is 16.4. The van der Waals surface area contributed by atoms with Crippen molar-refractivity contribution in [3.63, 3.8) is 0 Å². The lowest BCUT2D eigenvalue weighted by molar-refractivity contribution is 0.133. The first-order valence-electron chi connectivity index (χ1n) is 6.16. The summed E-state index contributed by atoms with van der Waals surface area (Å²) in [5.74, 6) is 0.706. The number of aromatic nitrogens is 1. The minimum Gasteiger partial charge on any atom is -0.444 e. The Bertz CT molecular complexity index is 647. The molecule has 10 nitrogen and oxygen atoms in total. The second-order valence-electron chi connectivity index (χ2n) is 4.61. The lowest BCUT2D eigenvalue weighted by atomic mass is 9.98. The number of hydrogen-bond donors (Lipinski definition) is 3. The number of methoxy groups -OCH3 is 1. The monoisotopic (exact) mass is 333 g/mol. The number of oxazole rings is 1. The molecule has 2 aliphatic heterocycles. The quantitative estimate of drug-likeness (QED) is 0.647. The van der Waals surface area contributed by atoms with Gasteiger partial charge in [-0.25, -0.2) is 9.78 Å². The normalized spacial score (nSPS) is 23.5. The third-order valence-electron chi connectivity index (χ3n) is 3.14. The zero-order valence-corrected chi connectivity index (χ0v) is 12.4. The van der Waals surface area contributed by atoms with Gasteiger partial charge in [0.15, 0.2) is 12.2 Å². The summed E-state index contributed by atoms with van der Waals surface area (Å²) in [6, 6.07) is -0.106. The van der Waals surface area contributed by atoms with E-state index in [0.29, 0.717) is 18.9 Å². The predicted octanol–water partition coefficient (Wildman–Crippen LogP) is -0.172. The Morgan fingerprint density at radius 1 is 1.55 bits per heavy atom. The molecular formula is C11H15N3O7S. The number of carbonyl (C=O) groups excluding carboxylic acids is 1. The maximum atomic E-state index is 11.7. The van der Waals surface area contributed by atoms with E-state index in [2.05, 4.69) is 10.3 Å². The van der Waals surface area contributed by atoms with Crippen molar-refractivity contribution in [3.8, 4) is 0 Å². The Kier molecular flexibility index (Phi) is 4.81. The van der Waals surface area contributed by atoms with Crippen LogP contribution in [0.2, 0.25) is 0 Å². The molecule has 0 aliphatic carbocycles. The molecule has 1 saturated heterocycles. The molecule has 2 amide bonds. The highest BCUT2D eigenvalue weighted by Crippen LogP contribution is 2.29. The fourth-order valence-corrected chi connectivity index (χ4v) is 2.35. The summed E-state index contributed by atoms with van der Waals surface area (Å²) < 4.78 is 42.0. The molecule has 22 heavy (non-hydrogen) atoms. The van der Waals surface area contributed by atoms with Gasteiger partial charge in [0.25, 0.3) is 0 Å². The number of rotatable bonds is 3. The van der Waals surface area contributed by atoms with Crippen molar-refractivity contribution in [3.05, 3.63) is 24.4 Å². The van der Waals surface area contributed by atoms with Gasteiger partial charge in [-0.15, -0.1) is 0 Å². The molecule has 0 radical (unpaired) electrons. The number of fused-ring (bicyclic) bond motifs is 2. The summed E-state index contributed by atoms with van der Waals surface area (Å²) in [5, 5.41) is 2.92. The summed E-state index contributed by atoms with van der Waals surface area (Å²) in [6.07, 6.45) is 5.07. The van der Waals surface area contributed by atoms with Crippen LogP contribution in [-0.2, 0) is 15.1 Å². The van der Waals surface area contributed by atoms with Gasteiger partial charge < -0.3 is 19.4 Å². The minimum absolute atomic E-state index is 0.0106. The van der Waals surface area contributed by atoms with Crippen LogP contribution in [0.4, 0.5) is 4.79 Å². The highest BCUT2D eigenvalue weighted by Gasteiger charge is 2.40. The Morgan fingerprint density at radius 3 is 2.77 bits per heavy atom. The van der Waals surface area contributed by atoms with Gasteiger partial charge >= 0.3 is 16.4 Å². The second-order valence-corrected chi connectivity index (χ2v) is 5.51. The first-order chi connectivity index (χ1) is 10.3. The molecule has 0 unspecified atom stereocenters. The minimum atomic E-state index is -4.67. The number of hydrogen-bond acceptors (Lipinski definition) is 6. The molecule has 0 spiro atoms. The molecule has 2 atom stereocenters. The molecular weight excluding hydrogens is 318 g/mol. The number of amides is 2. The van der Waals surface area contributed by atoms with Gasteiger partial charge in [-0.3, -0.25) is 9.11 Å². The zero-order chi connectivity index (χ0) is 16.3. The van der Waals surface area contributed by atoms with E-state index in [1.54, 1.807) is 18.2 Å². The van der Waals surface area contributed by atoms with Gasteiger partial charge in [-0.05, 0) is 0 Å². The maximum Gasteiger partial charge on any atom is 0.394 e. The topological polar surface area (TPSA) is 142 Å². The number of carbonyl (C=O) groups is 1. The number of nitrogens with zero attached hydrogens (tertiary/aromatic N) is 2. The Morgan fingerprint density at radius 2 is 2.23 bits per heavy atom. The predicted molar refractivity (Wildman–Crippen MR) is 73.3 cm³/mol. The summed E-state index contributed by atoms with van der Waals surface area (Å²) in [4.78, 5) is 17.4. The second kappa shape index (κ2) is 6.44. The van der Waals surface area contributed by atoms with Crippen LogP contribution >= 0.6 is 0 Å². The Balaban J connectivity index is 0.000000309. The molecule has 1 fully saturated rings. The average Bonchev–Trinajstić information content (AvgIpc) is 3.01. The van der Waals surface area contributed by atoms with E-state index in [1.807, 2.05) is 6.08 Å². The van der Waals surface area contributed by atoms with Crippen molar-refractivity contribution in [1.29, 1.82) is 0 Å². The molecule has 1 aromatic heterocycles. The van der Waals surface area contributed by atoms with Gasteiger partial charge in [0.1, 0.15) is 0 Å². The lowest BCUT2D eigenvalue weighted by Gasteiger charge is -2.28. The van der Waals surface area contributed by atoms with E-state index in [-0.39, 0.29) is 18.1 Å². The van der Waals surface area contributed by atoms with Gasteiger partial charge in [0.05, 0.1) is 24.9 Å². The molecule has 2 bridgehead atoms. The largest absolute Gasteiger partial charge is 0.444 e. The summed E-state index contributed by atoms with van der Waals surface area (Å²) in [6.45, 7) is 1.14. The molecule has 122 valence electrons. The molecule has 3 rings (SSSR count). The third kappa shape index (κ3) is 4.04. The van der Waals surface area contributed by atoms with Crippen molar-refractivity contribution < 1.29 is 31.5 Å². The SMILES string of the molecule is COC[C@@H]1C=C(c2cnco2)[C@@H]2CN1C(=O)N2.O=S(=O)(O)O. The van der Waals surface area contributed by atoms with Crippen LogP contribution in [0.1, 0.15) is 5.76 Å². The van der Waals surface area contributed by atoms with Crippen LogP contribution in [0.15, 0.2) is 23.1 Å². The van der Waals surface area contributed by atoms with Crippen LogP contribution < -0.4 is 5.32 Å². The molecule has 2 aliphatic rings. The molecule has 11 heteroatoms. The van der Waals surface area contributed by atoms with Crippen LogP contribution in [0, 0.1) is 0 Å². The summed E-state index contributed by atoms with van der Waals surface area (Å²) in [7, 11) is -3.04. The van der Waals surface area contributed by atoms with Gasteiger partial charge in [-0.1, -0.05) is 6.08 Å². The van der Waals surface area contributed by atoms with Crippen molar-refractivity contribution in [2.45, 2.75) is 12.1 Å². The van der Waals surface area contributed by atoms with Crippen molar-refractivity contribution in [2.24, 2.45) is 0 Å². The van der Waals surface area contributed by atoms with E-state index in [4.69, 9.17) is 26.7 Å². The third-order valence-corrected chi connectivity index (χ3v) is 3.14. The van der Waals surface area contributed by atoms with Crippen molar-refractivity contribution in [2.75, 3.05) is 20.3 Å². The van der Waals surface area contributed by atoms with Crippen LogP contribution in [0.5, 0.6) is 0 Å². The Labute approximate surface area is 126 Å². The van der Waals surface area contributed by atoms with Crippen LogP contribution in [0.25, 0.3) is 5.57 Å². The molecule has 3 N–H and O–H groups in total. The maximum absolute atomic E-state index is 11.7. The number of urea groups is 1. The smallest absolute Gasteiger partial charge is 0.394 e. The first-order valence-corrected chi connectivity index (χ1v) is 7.56. The van der Waals surface area contributed by atoms with Crippen molar-refractivity contribution >= 4 is 22.0 Å². The van der Waals surface area contributed by atoms with Crippen LogP contribution in [0.3, 0.4) is 0 Å². The molecule has 3 heterocycles. The van der Waals surface area contributed by atoms with E-state index in [0.717, 1.165) is 5.57 Å². The molecule has 1 aromatic rings. The van der Waals surface area contributed by atoms with E-state index in [1.165, 1.54) is 6.39 Å². The fourth-order valence-electron chi connectivity index (χ4n) is 2.35. The van der Waals surface area contributed by atoms with Gasteiger partial charge in [0.2, 0.25) is 0 Å². The van der Waals surface area contributed by atoms with E-state index < -0.39 is 10.4 Å². The molecule has 0 aromatic carbocycles. The highest BCUT2D eigenvalue weighted by molar-refractivity contribution is 7.79. The summed E-state index contributed by atoms with van der Waals surface area (Å²) in [5.41, 5.74) is 0.978. The van der Waals surface area contributed by atoms with E-state index in [9.17, 15) is 4.79 Å². The van der Waals surface area contributed by atoms with E-state index >= 15 is 0 Å². The van der Waals surface area contributed by atoms with Crippen molar-refractivity contribution in [1.82, 2.24) is 15.2 Å². The molecule has 0 saturated carbocycles. The number of nitrogens with one attached hydrogen (secondary N) is 1. The summed E-state index contributed by atoms with van der Waals surface area (Å²) >= 11 is 0. The standard InChI is InChI=1S/C11H13N3O3.H2O4S/c1-16-5-7-2-8(10-3-12-6-17-10)9-4-14(7)11(15)13-9;1-5(2,3)4/h2-3,6-7,9H,4-5H2,1H3,(H,13,15);(H2,1,2,3,4)/t7-,9-;/m0./s1. The highest BCUT2D eigenvalue weighted by atomic mass is 32.3. The zero-order valence-electron chi connectivity index (χ0n) is 11.5. The fraction of sp³-hybridized carbons (Fsp3) is 0.455. The average molecular weight is 333 g/mol. The van der Waals surface area contributed by atoms with Gasteiger partial charge in [0, 0.05) is 19.2 Å².